The normalized spacial score (nSPS) is 18.0. The predicted octanol–water partition coefficient (Wildman–Crippen LogP) is 6.14. The molecule has 2 fully saturated rings. The predicted molar refractivity (Wildman–Crippen MR) is 144 cm³/mol. The number of aromatic hydroxyl groups is 1. The maximum atomic E-state index is 13.1. The van der Waals surface area contributed by atoms with Crippen LogP contribution in [-0.4, -0.2) is 48.1 Å². The minimum atomic E-state index is -0.489. The first kappa shape index (κ1) is 26.5. The number of amides is 2. The number of carbonyl (C=O) groups excluding carboxylic acids is 1. The number of anilines is 1. The van der Waals surface area contributed by atoms with E-state index in [2.05, 4.69) is 65.1 Å². The second-order valence-corrected chi connectivity index (χ2v) is 12.2. The van der Waals surface area contributed by atoms with Gasteiger partial charge in [0.1, 0.15) is 5.75 Å². The number of hydrogen-bond donors (Lipinski definition) is 2. The lowest BCUT2D eigenvalue weighted by Gasteiger charge is -2.37. The zero-order valence-corrected chi connectivity index (χ0v) is 22.7. The number of aryl methyl sites for hydroxylation is 2. The Labute approximate surface area is 216 Å². The van der Waals surface area contributed by atoms with Crippen molar-refractivity contribution in [2.45, 2.75) is 83.8 Å². The summed E-state index contributed by atoms with van der Waals surface area (Å²) in [6, 6.07) is 12.2. The highest BCUT2D eigenvalue weighted by Crippen LogP contribution is 2.40. The highest BCUT2D eigenvalue weighted by molar-refractivity contribution is 5.90. The molecule has 4 rings (SSSR count). The van der Waals surface area contributed by atoms with Crippen molar-refractivity contribution in [1.29, 1.82) is 0 Å². The van der Waals surface area contributed by atoms with E-state index >= 15 is 0 Å². The summed E-state index contributed by atoms with van der Waals surface area (Å²) in [7, 11) is 0. The van der Waals surface area contributed by atoms with Crippen molar-refractivity contribution in [3.63, 3.8) is 0 Å². The Morgan fingerprint density at radius 2 is 1.50 bits per heavy atom. The van der Waals surface area contributed by atoms with Crippen molar-refractivity contribution in [2.24, 2.45) is 0 Å². The molecule has 6 heteroatoms. The van der Waals surface area contributed by atoms with E-state index in [1.165, 1.54) is 5.56 Å². The molecule has 2 heterocycles. The Hall–Kier alpha value is -2.57. The summed E-state index contributed by atoms with van der Waals surface area (Å²) in [4.78, 5) is 14.9. The lowest BCUT2D eigenvalue weighted by atomic mass is 9.78. The lowest BCUT2D eigenvalue weighted by Crippen LogP contribution is -2.48. The van der Waals surface area contributed by atoms with Crippen LogP contribution in [0.15, 0.2) is 36.4 Å². The molecule has 0 bridgehead atoms. The van der Waals surface area contributed by atoms with Gasteiger partial charge in [-0.25, -0.2) is 4.79 Å². The van der Waals surface area contributed by atoms with Crippen molar-refractivity contribution >= 4 is 11.7 Å². The van der Waals surface area contributed by atoms with Crippen molar-refractivity contribution in [1.82, 2.24) is 4.90 Å². The number of phenols is 1. The summed E-state index contributed by atoms with van der Waals surface area (Å²) in [6.45, 7) is 15.3. The largest absolute Gasteiger partial charge is 0.507 e. The molecule has 2 saturated heterocycles. The molecule has 2 aromatic carbocycles. The molecular weight excluding hydrogens is 452 g/mol. The van der Waals surface area contributed by atoms with Crippen molar-refractivity contribution in [3.05, 3.63) is 58.7 Å². The third-order valence-electron chi connectivity index (χ3n) is 7.35. The van der Waals surface area contributed by atoms with Gasteiger partial charge < -0.3 is 24.8 Å². The fraction of sp³-hybridized carbons (Fsp3) is 0.567. The topological polar surface area (TPSA) is 71.0 Å². The number of hydrogen-bond acceptors (Lipinski definition) is 4. The number of para-hydroxylation sites is 1. The molecule has 0 radical (unpaired) electrons. The zero-order valence-electron chi connectivity index (χ0n) is 22.7. The van der Waals surface area contributed by atoms with Crippen molar-refractivity contribution in [2.75, 3.05) is 31.6 Å². The van der Waals surface area contributed by atoms with Crippen LogP contribution in [0.25, 0.3) is 0 Å². The SMILES string of the molecule is CC(C)(C)c1cc(CCc2ccccc2NC(=O)N2CCC3(CC2)OCCO3)cc(C(C)(C)C)c1O. The highest BCUT2D eigenvalue weighted by Gasteiger charge is 2.40. The second-order valence-electron chi connectivity index (χ2n) is 12.2. The number of nitrogens with one attached hydrogen (secondary N) is 1. The number of carbonyl (C=O) groups is 1. The van der Waals surface area contributed by atoms with E-state index in [0.29, 0.717) is 44.9 Å². The molecular formula is C30H42N2O4. The number of rotatable bonds is 4. The molecule has 0 unspecified atom stereocenters. The van der Waals surface area contributed by atoms with E-state index in [1.54, 1.807) is 0 Å². The molecule has 2 aliphatic rings. The van der Waals surface area contributed by atoms with Gasteiger partial charge in [0.05, 0.1) is 13.2 Å². The fourth-order valence-electron chi connectivity index (χ4n) is 5.15. The van der Waals surface area contributed by atoms with E-state index in [4.69, 9.17) is 9.47 Å². The molecule has 2 N–H and O–H groups in total. The minimum absolute atomic E-state index is 0.0787. The third kappa shape index (κ3) is 5.87. The summed E-state index contributed by atoms with van der Waals surface area (Å²) in [5.41, 5.74) is 4.78. The van der Waals surface area contributed by atoms with Crippen molar-refractivity contribution in [3.8, 4) is 5.75 Å². The number of likely N-dealkylation sites (tertiary alicyclic amines) is 1. The molecule has 0 saturated carbocycles. The van der Waals surface area contributed by atoms with Gasteiger partial charge in [0.15, 0.2) is 5.79 Å². The summed E-state index contributed by atoms with van der Waals surface area (Å²) in [5, 5.41) is 14.2. The number of piperidine rings is 1. The highest BCUT2D eigenvalue weighted by atomic mass is 16.7. The van der Waals surface area contributed by atoms with Gasteiger partial charge in [-0.3, -0.25) is 0 Å². The quantitative estimate of drug-likeness (QED) is 0.535. The Morgan fingerprint density at radius 3 is 2.06 bits per heavy atom. The van der Waals surface area contributed by atoms with Crippen LogP contribution in [0.1, 0.15) is 76.6 Å². The van der Waals surface area contributed by atoms with E-state index in [-0.39, 0.29) is 16.9 Å². The van der Waals surface area contributed by atoms with E-state index in [0.717, 1.165) is 35.2 Å². The standard InChI is InChI=1S/C30H42N2O4/c1-28(2,3)23-19-21(20-24(26(23)33)29(4,5)6)11-12-22-9-7-8-10-25(22)31-27(34)32-15-13-30(14-16-32)35-17-18-36-30/h7-10,19-20,33H,11-18H2,1-6H3,(H,31,34). The Balaban J connectivity index is 1.47. The Kier molecular flexibility index (Phi) is 7.40. The third-order valence-corrected chi connectivity index (χ3v) is 7.35. The van der Waals surface area contributed by atoms with Gasteiger partial charge in [0.25, 0.3) is 0 Å². The van der Waals surface area contributed by atoms with Crippen LogP contribution in [0, 0.1) is 0 Å². The number of urea groups is 1. The van der Waals surface area contributed by atoms with Crippen molar-refractivity contribution < 1.29 is 19.4 Å². The Morgan fingerprint density at radius 1 is 0.944 bits per heavy atom. The van der Waals surface area contributed by atoms with Gasteiger partial charge in [-0.05, 0) is 52.0 Å². The maximum absolute atomic E-state index is 13.1. The monoisotopic (exact) mass is 494 g/mol. The molecule has 6 nitrogen and oxygen atoms in total. The summed E-state index contributed by atoms with van der Waals surface area (Å²) < 4.78 is 11.6. The summed E-state index contributed by atoms with van der Waals surface area (Å²) in [6.07, 6.45) is 3.02. The number of nitrogens with zero attached hydrogens (tertiary/aromatic N) is 1. The van der Waals surface area contributed by atoms with Gasteiger partial charge in [0.2, 0.25) is 0 Å². The molecule has 36 heavy (non-hydrogen) atoms. The summed E-state index contributed by atoms with van der Waals surface area (Å²) in [5.74, 6) is -0.0838. The second kappa shape index (κ2) is 10.1. The average molecular weight is 495 g/mol. The number of ether oxygens (including phenoxy) is 2. The van der Waals surface area contributed by atoms with Gasteiger partial charge in [-0.2, -0.15) is 0 Å². The molecule has 0 atom stereocenters. The van der Waals surface area contributed by atoms with Gasteiger partial charge in [-0.15, -0.1) is 0 Å². The average Bonchev–Trinajstić information content (AvgIpc) is 3.26. The molecule has 2 aliphatic heterocycles. The van der Waals surface area contributed by atoms with Crippen LogP contribution in [0.4, 0.5) is 10.5 Å². The summed E-state index contributed by atoms with van der Waals surface area (Å²) >= 11 is 0. The van der Waals surface area contributed by atoms with Crippen LogP contribution in [-0.2, 0) is 33.1 Å². The van der Waals surface area contributed by atoms with Crippen LogP contribution in [0.2, 0.25) is 0 Å². The Bertz CT molecular complexity index is 1050. The minimum Gasteiger partial charge on any atom is -0.507 e. The first-order valence-electron chi connectivity index (χ1n) is 13.2. The molecule has 0 aromatic heterocycles. The molecule has 196 valence electrons. The maximum Gasteiger partial charge on any atom is 0.321 e. The fourth-order valence-corrected chi connectivity index (χ4v) is 5.15. The zero-order chi connectivity index (χ0) is 26.1. The van der Waals surface area contributed by atoms with E-state index in [9.17, 15) is 9.90 Å². The number of phenolic OH excluding ortho intramolecular Hbond substituents is 1. The first-order chi connectivity index (χ1) is 16.9. The lowest BCUT2D eigenvalue weighted by molar-refractivity contribution is -0.181. The van der Waals surface area contributed by atoms with E-state index in [1.807, 2.05) is 23.1 Å². The molecule has 2 aromatic rings. The van der Waals surface area contributed by atoms with Crippen LogP contribution in [0.3, 0.4) is 0 Å². The smallest absolute Gasteiger partial charge is 0.321 e. The van der Waals surface area contributed by atoms with Crippen LogP contribution < -0.4 is 5.32 Å². The first-order valence-corrected chi connectivity index (χ1v) is 13.2. The van der Waals surface area contributed by atoms with Gasteiger partial charge in [0, 0.05) is 31.6 Å². The van der Waals surface area contributed by atoms with E-state index < -0.39 is 5.79 Å². The molecule has 0 aliphatic carbocycles. The van der Waals surface area contributed by atoms with Crippen LogP contribution in [0.5, 0.6) is 5.75 Å². The molecule has 1 spiro atoms. The molecule has 2 amide bonds. The van der Waals surface area contributed by atoms with Crippen LogP contribution >= 0.6 is 0 Å². The van der Waals surface area contributed by atoms with Gasteiger partial charge in [-0.1, -0.05) is 71.9 Å². The number of benzene rings is 2. The van der Waals surface area contributed by atoms with Gasteiger partial charge >= 0.3 is 6.03 Å².